The summed E-state index contributed by atoms with van der Waals surface area (Å²) in [6.45, 7) is 5.42. The summed E-state index contributed by atoms with van der Waals surface area (Å²) in [5.41, 5.74) is 0.107. The predicted molar refractivity (Wildman–Crippen MR) is 68.0 cm³/mol. The van der Waals surface area contributed by atoms with Crippen LogP contribution in [0.5, 0.6) is 0 Å². The lowest BCUT2D eigenvalue weighted by atomic mass is 10.1. The van der Waals surface area contributed by atoms with Crippen molar-refractivity contribution in [3.8, 4) is 0 Å². The number of non-ortho nitro benzene ring substituents is 1. The molecule has 1 rings (SSSR count). The highest BCUT2D eigenvalue weighted by atomic mass is 16.6. The van der Waals surface area contributed by atoms with Gasteiger partial charge in [0, 0.05) is 18.2 Å². The Kier molecular flexibility index (Phi) is 4.42. The van der Waals surface area contributed by atoms with Crippen molar-refractivity contribution >= 4 is 17.3 Å². The van der Waals surface area contributed by atoms with E-state index in [0.717, 1.165) is 0 Å². The Bertz CT molecular complexity index is 485. The van der Waals surface area contributed by atoms with E-state index in [4.69, 9.17) is 5.11 Å². The van der Waals surface area contributed by atoms with E-state index >= 15 is 0 Å². The molecule has 1 atom stereocenters. The summed E-state index contributed by atoms with van der Waals surface area (Å²) in [5.74, 6) is -1.13. The van der Waals surface area contributed by atoms with Gasteiger partial charge in [0.15, 0.2) is 0 Å². The lowest BCUT2D eigenvalue weighted by molar-refractivity contribution is -0.384. The fourth-order valence-electron chi connectivity index (χ4n) is 1.53. The van der Waals surface area contributed by atoms with Crippen molar-refractivity contribution in [1.82, 2.24) is 0 Å². The van der Waals surface area contributed by atoms with Crippen LogP contribution in [0.1, 0.15) is 23.7 Å². The molecule has 0 bridgehead atoms. The van der Waals surface area contributed by atoms with E-state index in [1.807, 2.05) is 6.92 Å². The van der Waals surface area contributed by atoms with Crippen molar-refractivity contribution in [1.29, 1.82) is 0 Å². The molecule has 0 aliphatic heterocycles. The highest BCUT2D eigenvalue weighted by Gasteiger charge is 2.16. The molecule has 2 N–H and O–H groups in total. The maximum absolute atomic E-state index is 11.0. The minimum Gasteiger partial charge on any atom is -0.478 e. The molecule has 0 fully saturated rings. The van der Waals surface area contributed by atoms with Crippen molar-refractivity contribution < 1.29 is 14.8 Å². The first-order chi connectivity index (χ1) is 8.45. The second-order valence-electron chi connectivity index (χ2n) is 3.86. The molecule has 0 aromatic heterocycles. The fourth-order valence-corrected chi connectivity index (χ4v) is 1.53. The third kappa shape index (κ3) is 3.31. The third-order valence-corrected chi connectivity index (χ3v) is 2.37. The first-order valence-corrected chi connectivity index (χ1v) is 5.35. The Balaban J connectivity index is 3.11. The number of benzene rings is 1. The number of carbonyl (C=O) groups is 1. The van der Waals surface area contributed by atoms with Gasteiger partial charge in [-0.1, -0.05) is 6.08 Å². The average Bonchev–Trinajstić information content (AvgIpc) is 2.28. The molecule has 1 aromatic carbocycles. The van der Waals surface area contributed by atoms with Crippen LogP contribution in [0.3, 0.4) is 0 Å². The van der Waals surface area contributed by atoms with E-state index in [2.05, 4.69) is 11.9 Å². The van der Waals surface area contributed by atoms with Gasteiger partial charge in [-0.05, 0) is 19.4 Å². The third-order valence-electron chi connectivity index (χ3n) is 2.37. The zero-order valence-corrected chi connectivity index (χ0v) is 9.92. The van der Waals surface area contributed by atoms with E-state index in [-0.39, 0.29) is 23.0 Å². The van der Waals surface area contributed by atoms with Crippen LogP contribution in [0.15, 0.2) is 30.9 Å². The van der Waals surface area contributed by atoms with Crippen LogP contribution in [-0.2, 0) is 0 Å². The number of hydrogen-bond donors (Lipinski definition) is 2. The molecule has 0 saturated carbocycles. The number of carboxylic acid groups (broad SMARTS) is 1. The first kappa shape index (κ1) is 13.7. The van der Waals surface area contributed by atoms with Crippen molar-refractivity contribution in [3.63, 3.8) is 0 Å². The minimum atomic E-state index is -1.13. The van der Waals surface area contributed by atoms with Gasteiger partial charge >= 0.3 is 5.97 Å². The second-order valence-corrected chi connectivity index (χ2v) is 3.86. The van der Waals surface area contributed by atoms with Crippen molar-refractivity contribution in [3.05, 3.63) is 46.5 Å². The number of nitrogens with one attached hydrogen (secondary N) is 1. The molecule has 1 unspecified atom stereocenters. The van der Waals surface area contributed by atoms with Crippen LogP contribution < -0.4 is 5.32 Å². The van der Waals surface area contributed by atoms with Crippen LogP contribution >= 0.6 is 0 Å². The highest BCUT2D eigenvalue weighted by molar-refractivity contribution is 5.94. The number of rotatable bonds is 6. The van der Waals surface area contributed by atoms with E-state index in [1.165, 1.54) is 18.2 Å². The predicted octanol–water partition coefficient (Wildman–Crippen LogP) is 2.67. The van der Waals surface area contributed by atoms with E-state index < -0.39 is 10.9 Å². The number of nitro benzene ring substituents is 1. The average molecular weight is 250 g/mol. The van der Waals surface area contributed by atoms with Gasteiger partial charge in [-0.2, -0.15) is 0 Å². The zero-order valence-electron chi connectivity index (χ0n) is 9.92. The Hall–Kier alpha value is -2.37. The molecule has 6 heteroatoms. The Morgan fingerprint density at radius 2 is 2.33 bits per heavy atom. The molecule has 0 saturated heterocycles. The summed E-state index contributed by atoms with van der Waals surface area (Å²) in [6.07, 6.45) is 2.32. The topological polar surface area (TPSA) is 92.5 Å². The van der Waals surface area contributed by atoms with Gasteiger partial charge in [0.1, 0.15) is 0 Å². The van der Waals surface area contributed by atoms with E-state index in [9.17, 15) is 14.9 Å². The van der Waals surface area contributed by atoms with Gasteiger partial charge in [-0.15, -0.1) is 6.58 Å². The van der Waals surface area contributed by atoms with Gasteiger partial charge in [0.2, 0.25) is 0 Å². The number of nitrogens with zero attached hydrogens (tertiary/aromatic N) is 1. The molecule has 0 aliphatic rings. The largest absolute Gasteiger partial charge is 0.478 e. The van der Waals surface area contributed by atoms with Crippen LogP contribution in [-0.4, -0.2) is 22.0 Å². The number of hydrogen-bond acceptors (Lipinski definition) is 4. The Morgan fingerprint density at radius 3 is 2.83 bits per heavy atom. The van der Waals surface area contributed by atoms with Gasteiger partial charge < -0.3 is 10.4 Å². The quantitative estimate of drug-likeness (QED) is 0.460. The monoisotopic (exact) mass is 250 g/mol. The first-order valence-electron chi connectivity index (χ1n) is 5.35. The number of aromatic carboxylic acids is 1. The normalized spacial score (nSPS) is 11.6. The lowest BCUT2D eigenvalue weighted by Crippen LogP contribution is -2.16. The van der Waals surface area contributed by atoms with Crippen LogP contribution in [0.2, 0.25) is 0 Å². The van der Waals surface area contributed by atoms with E-state index in [1.54, 1.807) is 6.08 Å². The molecular formula is C12H14N2O4. The van der Waals surface area contributed by atoms with Gasteiger partial charge in [-0.3, -0.25) is 10.1 Å². The van der Waals surface area contributed by atoms with Crippen LogP contribution in [0.25, 0.3) is 0 Å². The minimum absolute atomic E-state index is 0.0107. The molecule has 0 amide bonds. The molecular weight excluding hydrogens is 236 g/mol. The molecule has 18 heavy (non-hydrogen) atoms. The molecule has 6 nitrogen and oxygen atoms in total. The lowest BCUT2D eigenvalue weighted by Gasteiger charge is -2.15. The summed E-state index contributed by atoms with van der Waals surface area (Å²) >= 11 is 0. The SMILES string of the molecule is C=CCC(C)Nc1cc([N+](=O)[O-])ccc1C(=O)O. The highest BCUT2D eigenvalue weighted by Crippen LogP contribution is 2.23. The summed E-state index contributed by atoms with van der Waals surface area (Å²) in [4.78, 5) is 21.1. The van der Waals surface area contributed by atoms with Crippen molar-refractivity contribution in [2.75, 3.05) is 5.32 Å². The van der Waals surface area contributed by atoms with Crippen LogP contribution in [0, 0.1) is 10.1 Å². The Morgan fingerprint density at radius 1 is 1.67 bits per heavy atom. The summed E-state index contributed by atoms with van der Waals surface area (Å²) in [7, 11) is 0. The van der Waals surface area contributed by atoms with Gasteiger partial charge in [-0.25, -0.2) is 4.79 Å². The molecule has 0 aliphatic carbocycles. The van der Waals surface area contributed by atoms with E-state index in [0.29, 0.717) is 6.42 Å². The molecule has 0 heterocycles. The van der Waals surface area contributed by atoms with Crippen LogP contribution in [0.4, 0.5) is 11.4 Å². The number of anilines is 1. The Labute approximate surface area is 104 Å². The maximum atomic E-state index is 11.0. The van der Waals surface area contributed by atoms with Crippen molar-refractivity contribution in [2.24, 2.45) is 0 Å². The maximum Gasteiger partial charge on any atom is 0.337 e. The standard InChI is InChI=1S/C12H14N2O4/c1-3-4-8(2)13-11-7-9(14(17)18)5-6-10(11)12(15)16/h3,5-8,13H,1,4H2,2H3,(H,15,16). The number of carboxylic acids is 1. The molecule has 96 valence electrons. The fraction of sp³-hybridized carbons (Fsp3) is 0.250. The van der Waals surface area contributed by atoms with Gasteiger partial charge in [0.25, 0.3) is 5.69 Å². The van der Waals surface area contributed by atoms with Gasteiger partial charge in [0.05, 0.1) is 16.2 Å². The number of nitro groups is 1. The van der Waals surface area contributed by atoms with Crippen molar-refractivity contribution in [2.45, 2.75) is 19.4 Å². The smallest absolute Gasteiger partial charge is 0.337 e. The summed E-state index contributed by atoms with van der Waals surface area (Å²) < 4.78 is 0. The molecule has 0 radical (unpaired) electrons. The summed E-state index contributed by atoms with van der Waals surface area (Å²) in [6, 6.07) is 3.57. The zero-order chi connectivity index (χ0) is 13.7. The summed E-state index contributed by atoms with van der Waals surface area (Å²) in [5, 5.41) is 22.6. The molecule has 0 spiro atoms. The second kappa shape index (κ2) is 5.81. The molecule has 1 aromatic rings.